The van der Waals surface area contributed by atoms with Crippen LogP contribution in [0.5, 0.6) is 0 Å². The highest BCUT2D eigenvalue weighted by Crippen LogP contribution is 2.15. The molecule has 0 aliphatic carbocycles. The number of Topliss-reactive ketones (excluding diaryl/α,β-unsaturated/α-hetero) is 1. The third-order valence-electron chi connectivity index (χ3n) is 3.83. The normalized spacial score (nSPS) is 19.4. The maximum atomic E-state index is 12.1. The van der Waals surface area contributed by atoms with Crippen LogP contribution < -0.4 is 5.32 Å². The van der Waals surface area contributed by atoms with E-state index in [9.17, 15) is 4.79 Å². The molecule has 5 heteroatoms. The highest BCUT2D eigenvalue weighted by atomic mass is 32.2. The lowest BCUT2D eigenvalue weighted by Crippen LogP contribution is -2.39. The van der Waals surface area contributed by atoms with Gasteiger partial charge >= 0.3 is 0 Å². The summed E-state index contributed by atoms with van der Waals surface area (Å²) in [5.74, 6) is 2.50. The lowest BCUT2D eigenvalue weighted by molar-refractivity contribution is -0.118. The number of aromatic nitrogens is 2. The summed E-state index contributed by atoms with van der Waals surface area (Å²) < 4.78 is 2.01. The van der Waals surface area contributed by atoms with Gasteiger partial charge in [0.05, 0.1) is 18.2 Å². The molecule has 1 N–H and O–H groups in total. The molecule has 1 unspecified atom stereocenters. The molecule has 1 aromatic rings. The minimum absolute atomic E-state index is 0.291. The van der Waals surface area contributed by atoms with E-state index in [-0.39, 0.29) is 0 Å². The second-order valence-corrected chi connectivity index (χ2v) is 6.55. The van der Waals surface area contributed by atoms with Gasteiger partial charge in [0.25, 0.3) is 0 Å². The molecule has 0 radical (unpaired) electrons. The minimum atomic E-state index is 0.291. The molecule has 2 rings (SSSR count). The van der Waals surface area contributed by atoms with Gasteiger partial charge in [-0.2, -0.15) is 16.9 Å². The van der Waals surface area contributed by atoms with Crippen LogP contribution in [-0.2, 0) is 11.2 Å². The van der Waals surface area contributed by atoms with Crippen molar-refractivity contribution in [2.75, 3.05) is 18.1 Å². The first-order chi connectivity index (χ1) is 9.72. The SMILES string of the molecule is CCC(CC)n1ccc(CC(=O)CC2CSCCN2)n1. The Morgan fingerprint density at radius 2 is 2.35 bits per heavy atom. The Kier molecular flexibility index (Phi) is 6.10. The zero-order valence-corrected chi connectivity index (χ0v) is 13.3. The van der Waals surface area contributed by atoms with E-state index in [4.69, 9.17) is 0 Å². The molecule has 1 aliphatic heterocycles. The molecule has 0 spiro atoms. The van der Waals surface area contributed by atoms with Gasteiger partial charge in [0.1, 0.15) is 5.78 Å². The van der Waals surface area contributed by atoms with Crippen LogP contribution in [0.1, 0.15) is 44.8 Å². The average molecular weight is 295 g/mol. The minimum Gasteiger partial charge on any atom is -0.312 e. The van der Waals surface area contributed by atoms with E-state index in [1.165, 1.54) is 0 Å². The lowest BCUT2D eigenvalue weighted by atomic mass is 10.1. The van der Waals surface area contributed by atoms with Gasteiger partial charge in [-0.05, 0) is 18.9 Å². The zero-order valence-electron chi connectivity index (χ0n) is 12.5. The topological polar surface area (TPSA) is 46.9 Å². The van der Waals surface area contributed by atoms with E-state index in [0.717, 1.165) is 36.6 Å². The number of thioether (sulfide) groups is 1. The number of hydrogen-bond donors (Lipinski definition) is 1. The van der Waals surface area contributed by atoms with Gasteiger partial charge in [-0.25, -0.2) is 0 Å². The van der Waals surface area contributed by atoms with Crippen molar-refractivity contribution >= 4 is 17.5 Å². The summed E-state index contributed by atoms with van der Waals surface area (Å²) in [6.45, 7) is 5.37. The summed E-state index contributed by atoms with van der Waals surface area (Å²) in [7, 11) is 0. The predicted octanol–water partition coefficient (Wildman–Crippen LogP) is 2.45. The van der Waals surface area contributed by atoms with E-state index in [1.54, 1.807) is 0 Å². The second-order valence-electron chi connectivity index (χ2n) is 5.40. The van der Waals surface area contributed by atoms with Crippen LogP contribution in [0.3, 0.4) is 0 Å². The third-order valence-corrected chi connectivity index (χ3v) is 4.96. The molecule has 2 heterocycles. The van der Waals surface area contributed by atoms with Crippen molar-refractivity contribution < 1.29 is 4.79 Å². The largest absolute Gasteiger partial charge is 0.312 e. The first-order valence-electron chi connectivity index (χ1n) is 7.59. The van der Waals surface area contributed by atoms with Gasteiger partial charge < -0.3 is 5.32 Å². The third kappa shape index (κ3) is 4.35. The Morgan fingerprint density at radius 3 is 3.00 bits per heavy atom. The Morgan fingerprint density at radius 1 is 1.55 bits per heavy atom. The van der Waals surface area contributed by atoms with Gasteiger partial charge in [0, 0.05) is 36.7 Å². The highest BCUT2D eigenvalue weighted by Gasteiger charge is 2.18. The maximum Gasteiger partial charge on any atom is 0.140 e. The van der Waals surface area contributed by atoms with Gasteiger partial charge in [0.15, 0.2) is 0 Å². The van der Waals surface area contributed by atoms with E-state index in [2.05, 4.69) is 24.3 Å². The van der Waals surface area contributed by atoms with E-state index in [1.807, 2.05) is 28.7 Å². The molecule has 112 valence electrons. The molecular weight excluding hydrogens is 270 g/mol. The van der Waals surface area contributed by atoms with Crippen LogP contribution in [0.2, 0.25) is 0 Å². The van der Waals surface area contributed by atoms with Crippen LogP contribution in [-0.4, -0.2) is 39.7 Å². The fourth-order valence-corrected chi connectivity index (χ4v) is 3.59. The molecule has 1 aromatic heterocycles. The molecule has 1 atom stereocenters. The summed E-state index contributed by atoms with van der Waals surface area (Å²) in [6.07, 6.45) is 5.26. The molecule has 20 heavy (non-hydrogen) atoms. The summed E-state index contributed by atoms with van der Waals surface area (Å²) in [5.41, 5.74) is 0.908. The van der Waals surface area contributed by atoms with Crippen molar-refractivity contribution in [1.82, 2.24) is 15.1 Å². The molecule has 0 saturated carbocycles. The summed E-state index contributed by atoms with van der Waals surface area (Å²) in [5, 5.41) is 7.97. The number of carbonyl (C=O) groups excluding carboxylic acids is 1. The van der Waals surface area contributed by atoms with Crippen LogP contribution in [0.25, 0.3) is 0 Å². The first kappa shape index (κ1) is 15.6. The molecular formula is C15H25N3OS. The number of hydrogen-bond acceptors (Lipinski definition) is 4. The Balaban J connectivity index is 1.84. The van der Waals surface area contributed by atoms with Crippen molar-refractivity contribution in [2.24, 2.45) is 0 Å². The van der Waals surface area contributed by atoms with E-state index < -0.39 is 0 Å². The van der Waals surface area contributed by atoms with Crippen LogP contribution in [0.15, 0.2) is 12.3 Å². The predicted molar refractivity (Wildman–Crippen MR) is 84.3 cm³/mol. The number of ketones is 1. The Hall–Kier alpha value is -0.810. The van der Waals surface area contributed by atoms with Crippen molar-refractivity contribution in [3.05, 3.63) is 18.0 Å². The average Bonchev–Trinajstić information content (AvgIpc) is 2.89. The first-order valence-corrected chi connectivity index (χ1v) is 8.75. The van der Waals surface area contributed by atoms with Gasteiger partial charge in [-0.3, -0.25) is 9.48 Å². The molecule has 1 saturated heterocycles. The van der Waals surface area contributed by atoms with E-state index in [0.29, 0.717) is 30.7 Å². The zero-order chi connectivity index (χ0) is 14.4. The number of nitrogens with one attached hydrogen (secondary N) is 1. The summed E-state index contributed by atoms with van der Waals surface area (Å²) >= 11 is 1.93. The fourth-order valence-electron chi connectivity index (χ4n) is 2.64. The number of rotatable bonds is 7. The van der Waals surface area contributed by atoms with Crippen molar-refractivity contribution in [3.63, 3.8) is 0 Å². The van der Waals surface area contributed by atoms with Crippen molar-refractivity contribution in [2.45, 2.75) is 51.6 Å². The van der Waals surface area contributed by atoms with Crippen LogP contribution >= 0.6 is 11.8 Å². The van der Waals surface area contributed by atoms with Crippen LogP contribution in [0.4, 0.5) is 0 Å². The molecule has 0 amide bonds. The number of carbonyl (C=O) groups is 1. The Labute approximate surface area is 125 Å². The summed E-state index contributed by atoms with van der Waals surface area (Å²) in [4.78, 5) is 12.1. The molecule has 0 bridgehead atoms. The fraction of sp³-hybridized carbons (Fsp3) is 0.733. The molecule has 0 aromatic carbocycles. The van der Waals surface area contributed by atoms with E-state index >= 15 is 0 Å². The second kappa shape index (κ2) is 7.84. The standard InChI is InChI=1S/C15H25N3OS/c1-3-14(4-2)18-7-5-12(17-18)9-15(19)10-13-11-20-8-6-16-13/h5,7,13-14,16H,3-4,6,8-11H2,1-2H3. The highest BCUT2D eigenvalue weighted by molar-refractivity contribution is 7.99. The molecule has 1 aliphatic rings. The maximum absolute atomic E-state index is 12.1. The van der Waals surface area contributed by atoms with Gasteiger partial charge in [-0.15, -0.1) is 0 Å². The van der Waals surface area contributed by atoms with Gasteiger partial charge in [0.2, 0.25) is 0 Å². The number of nitrogens with zero attached hydrogens (tertiary/aromatic N) is 2. The Bertz CT molecular complexity index is 423. The quantitative estimate of drug-likeness (QED) is 0.839. The van der Waals surface area contributed by atoms with Crippen molar-refractivity contribution in [3.8, 4) is 0 Å². The summed E-state index contributed by atoms with van der Waals surface area (Å²) in [6, 6.07) is 2.79. The van der Waals surface area contributed by atoms with Crippen LogP contribution in [0, 0.1) is 0 Å². The molecule has 1 fully saturated rings. The molecule has 4 nitrogen and oxygen atoms in total. The van der Waals surface area contributed by atoms with Gasteiger partial charge in [-0.1, -0.05) is 13.8 Å². The monoisotopic (exact) mass is 295 g/mol. The lowest BCUT2D eigenvalue weighted by Gasteiger charge is -2.22. The van der Waals surface area contributed by atoms with Crippen molar-refractivity contribution in [1.29, 1.82) is 0 Å². The smallest absolute Gasteiger partial charge is 0.140 e.